The molecule has 0 N–H and O–H groups in total. The maximum absolute atomic E-state index is 11.6. The van der Waals surface area contributed by atoms with Crippen molar-refractivity contribution in [3.63, 3.8) is 0 Å². The summed E-state index contributed by atoms with van der Waals surface area (Å²) in [6, 6.07) is 20.6. The Balaban J connectivity index is 2.15. The molecule has 1 atom stereocenters. The number of benzene rings is 3. The van der Waals surface area contributed by atoms with Gasteiger partial charge in [-0.2, -0.15) is 5.10 Å². The Bertz CT molecular complexity index is 1470. The van der Waals surface area contributed by atoms with Crippen LogP contribution in [-0.4, -0.2) is 19.9 Å². The van der Waals surface area contributed by atoms with E-state index in [1.54, 1.807) is 12.1 Å². The second-order valence-electron chi connectivity index (χ2n) is 9.68. The lowest BCUT2D eigenvalue weighted by molar-refractivity contribution is -0.384. The molecule has 0 fully saturated rings. The van der Waals surface area contributed by atoms with E-state index >= 15 is 0 Å². The molecule has 1 aromatic heterocycles. The summed E-state index contributed by atoms with van der Waals surface area (Å²) in [7, 11) is -2.95. The van der Waals surface area contributed by atoms with Crippen LogP contribution in [0.25, 0.3) is 10.9 Å². The SMILES string of the molecule is CCCn1nc2ccccc2c1P(=Nc1cc([N+](=O)[O-])ccc1C)(Oc1ccc(Br)cc1)C(C)(C)C. The first-order valence-electron chi connectivity index (χ1n) is 11.8. The van der Waals surface area contributed by atoms with Gasteiger partial charge in [0.2, 0.25) is 0 Å². The molecule has 0 saturated heterocycles. The third kappa shape index (κ3) is 4.97. The van der Waals surface area contributed by atoms with Gasteiger partial charge >= 0.3 is 0 Å². The third-order valence-electron chi connectivity index (χ3n) is 5.95. The number of non-ortho nitro benzene ring substituents is 1. The number of nitro groups is 1. The predicted octanol–water partition coefficient (Wildman–Crippen LogP) is 8.38. The van der Waals surface area contributed by atoms with Crippen molar-refractivity contribution in [3.05, 3.63) is 86.9 Å². The van der Waals surface area contributed by atoms with Gasteiger partial charge in [0, 0.05) is 33.7 Å². The number of aryl methyl sites for hydroxylation is 2. The van der Waals surface area contributed by atoms with E-state index in [1.165, 1.54) is 6.07 Å². The highest BCUT2D eigenvalue weighted by molar-refractivity contribution is 9.10. The molecule has 0 radical (unpaired) electrons. The van der Waals surface area contributed by atoms with Crippen LogP contribution in [0.5, 0.6) is 5.75 Å². The van der Waals surface area contributed by atoms with Crippen LogP contribution in [-0.2, 0) is 6.54 Å². The molecule has 0 amide bonds. The quantitative estimate of drug-likeness (QED) is 0.127. The number of fused-ring (bicyclic) bond motifs is 1. The Kier molecular flexibility index (Phi) is 7.39. The first kappa shape index (κ1) is 26.1. The van der Waals surface area contributed by atoms with Crippen molar-refractivity contribution in [1.82, 2.24) is 9.78 Å². The van der Waals surface area contributed by atoms with Crippen LogP contribution in [0.2, 0.25) is 0 Å². The van der Waals surface area contributed by atoms with Crippen LogP contribution in [0.1, 0.15) is 39.7 Å². The monoisotopic (exact) mass is 568 g/mol. The van der Waals surface area contributed by atoms with Crippen LogP contribution in [0.3, 0.4) is 0 Å². The molecule has 1 unspecified atom stereocenters. The highest BCUT2D eigenvalue weighted by Gasteiger charge is 2.43. The zero-order valence-corrected chi connectivity index (χ0v) is 23.6. The largest absolute Gasteiger partial charge is 0.454 e. The highest BCUT2D eigenvalue weighted by Crippen LogP contribution is 2.63. The molecule has 9 heteroatoms. The minimum absolute atomic E-state index is 0.00178. The molecule has 7 nitrogen and oxygen atoms in total. The van der Waals surface area contributed by atoms with Crippen LogP contribution < -0.4 is 9.96 Å². The number of halogens is 1. The molecular weight excluding hydrogens is 539 g/mol. The molecule has 0 bridgehead atoms. The summed E-state index contributed by atoms with van der Waals surface area (Å²) in [5, 5.41) is 17.1. The molecule has 4 rings (SSSR count). The minimum Gasteiger partial charge on any atom is -0.454 e. The molecule has 4 aromatic rings. The minimum atomic E-state index is -2.95. The van der Waals surface area contributed by atoms with Crippen LogP contribution in [0.4, 0.5) is 11.4 Å². The van der Waals surface area contributed by atoms with E-state index in [0.717, 1.165) is 32.8 Å². The Labute approximate surface area is 219 Å². The summed E-state index contributed by atoms with van der Waals surface area (Å²) >= 11 is 3.50. The first-order valence-corrected chi connectivity index (χ1v) is 14.3. The Morgan fingerprint density at radius 3 is 2.44 bits per heavy atom. The Hall–Kier alpha value is -2.96. The summed E-state index contributed by atoms with van der Waals surface area (Å²) in [6.45, 7) is 11.1. The molecular formula is C27H30BrN4O3P. The molecule has 188 valence electrons. The normalized spacial score (nSPS) is 13.4. The second kappa shape index (κ2) is 10.2. The summed E-state index contributed by atoms with van der Waals surface area (Å²) in [5.41, 5.74) is 3.21. The number of rotatable bonds is 7. The Morgan fingerprint density at radius 1 is 1.11 bits per heavy atom. The molecule has 3 aromatic carbocycles. The average Bonchev–Trinajstić information content (AvgIpc) is 3.19. The Morgan fingerprint density at radius 2 is 1.81 bits per heavy atom. The molecule has 0 spiro atoms. The van der Waals surface area contributed by atoms with Gasteiger partial charge in [0.25, 0.3) is 5.69 Å². The first-order chi connectivity index (χ1) is 17.1. The molecule has 0 aliphatic rings. The average molecular weight is 569 g/mol. The standard InChI is InChI=1S/C27H30BrN4O3P/c1-6-17-31-26(23-9-7-8-10-24(23)29-31)36(27(3,4)5,35-22-15-12-20(28)13-16-22)30-25-18-21(32(33)34)14-11-19(25)2/h7-16,18H,6,17H2,1-5H3. The number of nitro benzene ring substituents is 1. The molecule has 0 saturated carbocycles. The summed E-state index contributed by atoms with van der Waals surface area (Å²) in [5.74, 6) is 0.682. The number of hydrogen-bond acceptors (Lipinski definition) is 5. The van der Waals surface area contributed by atoms with Crippen molar-refractivity contribution in [1.29, 1.82) is 0 Å². The number of aromatic nitrogens is 2. The van der Waals surface area contributed by atoms with E-state index in [4.69, 9.17) is 14.4 Å². The van der Waals surface area contributed by atoms with Crippen molar-refractivity contribution in [2.75, 3.05) is 0 Å². The van der Waals surface area contributed by atoms with Crippen molar-refractivity contribution in [2.24, 2.45) is 4.74 Å². The summed E-state index contributed by atoms with van der Waals surface area (Å²) in [6.07, 6.45) is 0.888. The summed E-state index contributed by atoms with van der Waals surface area (Å²) < 4.78 is 15.4. The van der Waals surface area contributed by atoms with Crippen molar-refractivity contribution >= 4 is 50.9 Å². The van der Waals surface area contributed by atoms with Gasteiger partial charge in [-0.05, 0) is 49.2 Å². The fourth-order valence-corrected chi connectivity index (χ4v) is 7.70. The second-order valence-corrected chi connectivity index (χ2v) is 13.9. The van der Waals surface area contributed by atoms with Crippen molar-refractivity contribution in [2.45, 2.75) is 52.7 Å². The maximum Gasteiger partial charge on any atom is 0.271 e. The van der Waals surface area contributed by atoms with Crippen LogP contribution in [0.15, 0.2) is 75.9 Å². The fraction of sp³-hybridized carbons (Fsp3) is 0.296. The van der Waals surface area contributed by atoms with Crippen molar-refractivity contribution < 1.29 is 9.45 Å². The van der Waals surface area contributed by atoms with E-state index in [-0.39, 0.29) is 10.6 Å². The van der Waals surface area contributed by atoms with E-state index in [9.17, 15) is 10.1 Å². The lowest BCUT2D eigenvalue weighted by Gasteiger charge is -2.37. The highest BCUT2D eigenvalue weighted by atomic mass is 79.9. The predicted molar refractivity (Wildman–Crippen MR) is 151 cm³/mol. The van der Waals surface area contributed by atoms with E-state index < -0.39 is 12.4 Å². The van der Waals surface area contributed by atoms with Gasteiger partial charge in [-0.15, -0.1) is 0 Å². The fourth-order valence-electron chi connectivity index (χ4n) is 4.09. The number of hydrogen-bond donors (Lipinski definition) is 0. The molecule has 1 heterocycles. The van der Waals surface area contributed by atoms with Gasteiger partial charge in [0.1, 0.15) is 11.2 Å². The molecule has 0 aliphatic heterocycles. The van der Waals surface area contributed by atoms with Gasteiger partial charge in [0.05, 0.1) is 16.1 Å². The molecule has 0 aliphatic carbocycles. The molecule has 36 heavy (non-hydrogen) atoms. The van der Waals surface area contributed by atoms with E-state index in [1.807, 2.05) is 54.1 Å². The van der Waals surface area contributed by atoms with Crippen LogP contribution >= 0.6 is 23.2 Å². The van der Waals surface area contributed by atoms with E-state index in [0.29, 0.717) is 18.0 Å². The maximum atomic E-state index is 11.6. The topological polar surface area (TPSA) is 82.5 Å². The summed E-state index contributed by atoms with van der Waals surface area (Å²) in [4.78, 5) is 11.2. The zero-order chi connectivity index (χ0) is 26.1. The number of nitrogens with zero attached hydrogens (tertiary/aromatic N) is 4. The van der Waals surface area contributed by atoms with Gasteiger partial charge in [-0.3, -0.25) is 14.8 Å². The lowest BCUT2D eigenvalue weighted by Crippen LogP contribution is -2.32. The van der Waals surface area contributed by atoms with Gasteiger partial charge in [0.15, 0.2) is 7.28 Å². The van der Waals surface area contributed by atoms with Crippen molar-refractivity contribution in [3.8, 4) is 5.75 Å². The van der Waals surface area contributed by atoms with E-state index in [2.05, 4.69) is 49.7 Å². The smallest absolute Gasteiger partial charge is 0.271 e. The zero-order valence-electron chi connectivity index (χ0n) is 21.1. The third-order valence-corrected chi connectivity index (χ3v) is 10.3. The van der Waals surface area contributed by atoms with Gasteiger partial charge in [-0.25, -0.2) is 4.74 Å². The van der Waals surface area contributed by atoms with Gasteiger partial charge < -0.3 is 4.52 Å². The van der Waals surface area contributed by atoms with Crippen LogP contribution in [0, 0.1) is 17.0 Å². The van der Waals surface area contributed by atoms with Gasteiger partial charge in [-0.1, -0.05) is 67.9 Å². The lowest BCUT2D eigenvalue weighted by atomic mass is 10.2.